The third-order valence-corrected chi connectivity index (χ3v) is 4.66. The van der Waals surface area contributed by atoms with Crippen molar-refractivity contribution >= 4 is 11.8 Å². The lowest BCUT2D eigenvalue weighted by atomic mass is 9.99. The summed E-state index contributed by atoms with van der Waals surface area (Å²) in [6.45, 7) is 7.93. The van der Waals surface area contributed by atoms with E-state index in [2.05, 4.69) is 17.4 Å². The quantitative estimate of drug-likeness (QED) is 0.808. The van der Waals surface area contributed by atoms with Crippen LogP contribution in [-0.2, 0) is 29.1 Å². The Hall–Kier alpha value is -2.66. The van der Waals surface area contributed by atoms with Gasteiger partial charge in [-0.15, -0.1) is 0 Å². The first kappa shape index (κ1) is 24.4. The number of hydrogen-bond acceptors (Lipinski definition) is 3. The Labute approximate surface area is 174 Å². The Morgan fingerprint density at radius 3 is 2.24 bits per heavy atom. The summed E-state index contributed by atoms with van der Waals surface area (Å²) in [5.41, 5.74) is 4.80. The highest BCUT2D eigenvalue weighted by atomic mass is 16.2. The van der Waals surface area contributed by atoms with Crippen LogP contribution in [0, 0.1) is 6.92 Å². The van der Waals surface area contributed by atoms with E-state index in [1.54, 1.807) is 0 Å². The van der Waals surface area contributed by atoms with Gasteiger partial charge in [0.05, 0.1) is 0 Å². The SMILES string of the molecule is CC.CO.Cc1ccc(CNC(=O)CCC(=O)N2CCc3ccccc3C2)cc1. The monoisotopic (exact) mass is 398 g/mol. The summed E-state index contributed by atoms with van der Waals surface area (Å²) in [6.07, 6.45) is 1.40. The second-order valence-corrected chi connectivity index (χ2v) is 6.60. The van der Waals surface area contributed by atoms with E-state index in [0.717, 1.165) is 25.6 Å². The van der Waals surface area contributed by atoms with Gasteiger partial charge < -0.3 is 15.3 Å². The normalized spacial score (nSPS) is 11.8. The molecule has 0 atom stereocenters. The molecule has 5 heteroatoms. The van der Waals surface area contributed by atoms with Crippen LogP contribution in [0.4, 0.5) is 0 Å². The first-order valence-electron chi connectivity index (χ1n) is 10.2. The van der Waals surface area contributed by atoms with Crippen molar-refractivity contribution in [2.24, 2.45) is 0 Å². The molecule has 0 fully saturated rings. The minimum Gasteiger partial charge on any atom is -0.400 e. The minimum atomic E-state index is -0.0775. The highest BCUT2D eigenvalue weighted by Gasteiger charge is 2.20. The molecule has 29 heavy (non-hydrogen) atoms. The van der Waals surface area contributed by atoms with Crippen molar-refractivity contribution in [1.29, 1.82) is 0 Å². The molecule has 0 saturated heterocycles. The number of rotatable bonds is 5. The van der Waals surface area contributed by atoms with Gasteiger partial charge >= 0.3 is 0 Å². The van der Waals surface area contributed by atoms with Gasteiger partial charge in [-0.3, -0.25) is 9.59 Å². The van der Waals surface area contributed by atoms with Crippen LogP contribution in [0.5, 0.6) is 0 Å². The summed E-state index contributed by atoms with van der Waals surface area (Å²) in [6, 6.07) is 16.3. The van der Waals surface area contributed by atoms with Crippen molar-refractivity contribution in [3.63, 3.8) is 0 Å². The lowest BCUT2D eigenvalue weighted by molar-refractivity contribution is -0.134. The van der Waals surface area contributed by atoms with Gasteiger partial charge in [0.2, 0.25) is 11.8 Å². The van der Waals surface area contributed by atoms with Gasteiger partial charge in [-0.2, -0.15) is 0 Å². The first-order valence-corrected chi connectivity index (χ1v) is 10.2. The number of aliphatic hydroxyl groups excluding tert-OH is 1. The lowest BCUT2D eigenvalue weighted by Crippen LogP contribution is -2.36. The minimum absolute atomic E-state index is 0.0555. The summed E-state index contributed by atoms with van der Waals surface area (Å²) in [5, 5.41) is 9.88. The average Bonchev–Trinajstić information content (AvgIpc) is 2.79. The van der Waals surface area contributed by atoms with Gasteiger partial charge in [-0.1, -0.05) is 67.9 Å². The molecule has 1 aliphatic heterocycles. The molecule has 0 saturated carbocycles. The molecule has 1 aliphatic rings. The highest BCUT2D eigenvalue weighted by Crippen LogP contribution is 2.19. The molecular formula is C24H34N2O3. The van der Waals surface area contributed by atoms with E-state index in [0.29, 0.717) is 13.1 Å². The van der Waals surface area contributed by atoms with Gasteiger partial charge in [0.1, 0.15) is 0 Å². The summed E-state index contributed by atoms with van der Waals surface area (Å²) >= 11 is 0. The molecule has 1 heterocycles. The molecule has 3 rings (SSSR count). The molecule has 0 spiro atoms. The van der Waals surface area contributed by atoms with Crippen LogP contribution in [0.1, 0.15) is 48.9 Å². The number of benzene rings is 2. The fourth-order valence-electron chi connectivity index (χ4n) is 3.08. The van der Waals surface area contributed by atoms with Crippen molar-refractivity contribution < 1.29 is 14.7 Å². The summed E-state index contributed by atoms with van der Waals surface area (Å²) in [7, 11) is 1.00. The van der Waals surface area contributed by atoms with E-state index in [4.69, 9.17) is 5.11 Å². The molecule has 0 unspecified atom stereocenters. The fourth-order valence-corrected chi connectivity index (χ4v) is 3.08. The van der Waals surface area contributed by atoms with Crippen molar-refractivity contribution in [1.82, 2.24) is 10.2 Å². The van der Waals surface area contributed by atoms with Gasteiger partial charge in [-0.05, 0) is 30.0 Å². The second-order valence-electron chi connectivity index (χ2n) is 6.60. The molecule has 2 amide bonds. The van der Waals surface area contributed by atoms with Gasteiger partial charge in [-0.25, -0.2) is 0 Å². The number of nitrogens with one attached hydrogen (secondary N) is 1. The van der Waals surface area contributed by atoms with Crippen LogP contribution in [0.2, 0.25) is 0 Å². The zero-order valence-corrected chi connectivity index (χ0v) is 18.1. The number of nitrogens with zero attached hydrogens (tertiary/aromatic N) is 1. The van der Waals surface area contributed by atoms with Crippen molar-refractivity contribution in [2.75, 3.05) is 13.7 Å². The number of carbonyl (C=O) groups is 2. The van der Waals surface area contributed by atoms with Crippen LogP contribution in [0.15, 0.2) is 48.5 Å². The second kappa shape index (κ2) is 13.5. The Morgan fingerprint density at radius 1 is 0.966 bits per heavy atom. The van der Waals surface area contributed by atoms with Gasteiger partial charge in [0.15, 0.2) is 0 Å². The predicted octanol–water partition coefficient (Wildman–Crippen LogP) is 3.61. The fraction of sp³-hybridized carbons (Fsp3) is 0.417. The van der Waals surface area contributed by atoms with Crippen molar-refractivity contribution in [3.8, 4) is 0 Å². The molecular weight excluding hydrogens is 364 g/mol. The number of aryl methyl sites for hydroxylation is 1. The zero-order valence-electron chi connectivity index (χ0n) is 18.1. The van der Waals surface area contributed by atoms with E-state index >= 15 is 0 Å². The van der Waals surface area contributed by atoms with Crippen LogP contribution < -0.4 is 5.32 Å². The molecule has 2 aromatic carbocycles. The smallest absolute Gasteiger partial charge is 0.223 e. The summed E-state index contributed by atoms with van der Waals surface area (Å²) in [4.78, 5) is 26.2. The molecule has 5 nitrogen and oxygen atoms in total. The van der Waals surface area contributed by atoms with Gasteiger partial charge in [0, 0.05) is 39.6 Å². The maximum atomic E-state index is 12.4. The lowest BCUT2D eigenvalue weighted by Gasteiger charge is -2.28. The third kappa shape index (κ3) is 8.08. The number of hydrogen-bond donors (Lipinski definition) is 2. The summed E-state index contributed by atoms with van der Waals surface area (Å²) < 4.78 is 0. The Bertz CT molecular complexity index is 757. The Morgan fingerprint density at radius 2 is 1.59 bits per heavy atom. The predicted molar refractivity (Wildman–Crippen MR) is 117 cm³/mol. The van der Waals surface area contributed by atoms with E-state index in [1.807, 2.05) is 62.1 Å². The number of amides is 2. The third-order valence-electron chi connectivity index (χ3n) is 4.66. The summed E-state index contributed by atoms with van der Waals surface area (Å²) in [5.74, 6) is -0.0219. The van der Waals surface area contributed by atoms with E-state index in [-0.39, 0.29) is 24.7 Å². The van der Waals surface area contributed by atoms with Crippen LogP contribution in [0.3, 0.4) is 0 Å². The molecule has 158 valence electrons. The molecule has 0 aliphatic carbocycles. The largest absolute Gasteiger partial charge is 0.400 e. The Kier molecular flexibility index (Phi) is 11.4. The number of carbonyl (C=O) groups excluding carboxylic acids is 2. The van der Waals surface area contributed by atoms with E-state index in [1.165, 1.54) is 16.7 Å². The topological polar surface area (TPSA) is 69.6 Å². The van der Waals surface area contributed by atoms with Crippen molar-refractivity contribution in [2.45, 2.75) is 53.1 Å². The maximum Gasteiger partial charge on any atom is 0.223 e. The van der Waals surface area contributed by atoms with Gasteiger partial charge in [0.25, 0.3) is 0 Å². The van der Waals surface area contributed by atoms with E-state index in [9.17, 15) is 9.59 Å². The van der Waals surface area contributed by atoms with Crippen LogP contribution >= 0.6 is 0 Å². The Balaban J connectivity index is 0.000000989. The molecule has 2 N–H and O–H groups in total. The average molecular weight is 399 g/mol. The molecule has 0 radical (unpaired) electrons. The standard InChI is InChI=1S/C21H24N2O2.C2H6.CH4O/c1-16-6-8-17(9-7-16)14-22-20(24)10-11-21(25)23-13-12-18-4-2-3-5-19(18)15-23;2*1-2/h2-9H,10-15H2,1H3,(H,22,24);1-2H3;2H,1H3. The molecule has 2 aromatic rings. The van der Waals surface area contributed by atoms with E-state index < -0.39 is 0 Å². The van der Waals surface area contributed by atoms with Crippen LogP contribution in [-0.4, -0.2) is 35.5 Å². The molecule has 0 aromatic heterocycles. The molecule has 0 bridgehead atoms. The highest BCUT2D eigenvalue weighted by molar-refractivity contribution is 5.83. The van der Waals surface area contributed by atoms with Crippen LogP contribution in [0.25, 0.3) is 0 Å². The maximum absolute atomic E-state index is 12.4. The number of aliphatic hydroxyl groups is 1. The van der Waals surface area contributed by atoms with Crippen molar-refractivity contribution in [3.05, 3.63) is 70.8 Å². The number of fused-ring (bicyclic) bond motifs is 1. The first-order chi connectivity index (χ1) is 14.1. The zero-order chi connectivity index (χ0) is 21.6.